The van der Waals surface area contributed by atoms with Crippen LogP contribution in [0.5, 0.6) is 0 Å². The molecule has 1 saturated heterocycles. The number of piperidine rings is 1. The number of esters is 1. The van der Waals surface area contributed by atoms with Crippen LogP contribution in [0.2, 0.25) is 0 Å². The van der Waals surface area contributed by atoms with E-state index in [1.807, 2.05) is 34.7 Å². The third kappa shape index (κ3) is 3.09. The summed E-state index contributed by atoms with van der Waals surface area (Å²) < 4.78 is 12.3. The summed E-state index contributed by atoms with van der Waals surface area (Å²) in [6.45, 7) is 3.28. The highest BCUT2D eigenvalue weighted by Gasteiger charge is 2.27. The number of furan rings is 1. The number of hydrogen-bond donors (Lipinski definition) is 0. The topological polar surface area (TPSA) is 64.7 Å². The van der Waals surface area contributed by atoms with E-state index in [4.69, 9.17) is 9.15 Å². The van der Waals surface area contributed by atoms with Crippen LogP contribution in [-0.2, 0) is 11.2 Å². The molecule has 3 rings (SSSR count). The second kappa shape index (κ2) is 6.95. The van der Waals surface area contributed by atoms with E-state index in [2.05, 4.69) is 0 Å². The van der Waals surface area contributed by atoms with Crippen LogP contribution in [0, 0.1) is 0 Å². The zero-order chi connectivity index (χ0) is 17.1. The Bertz CT molecular complexity index is 723. The minimum atomic E-state index is -0.332. The Hall–Kier alpha value is -2.50. The zero-order valence-corrected chi connectivity index (χ0v) is 14.0. The second-order valence-electron chi connectivity index (χ2n) is 5.94. The van der Waals surface area contributed by atoms with Gasteiger partial charge in [-0.2, -0.15) is 0 Å². The summed E-state index contributed by atoms with van der Waals surface area (Å²) in [5.41, 5.74) is 0.556. The predicted molar refractivity (Wildman–Crippen MR) is 88.0 cm³/mol. The molecule has 24 heavy (non-hydrogen) atoms. The molecule has 0 spiro atoms. The van der Waals surface area contributed by atoms with Crippen molar-refractivity contribution in [2.24, 2.45) is 0 Å². The van der Waals surface area contributed by atoms with E-state index >= 15 is 0 Å². The lowest BCUT2D eigenvalue weighted by Gasteiger charge is -2.32. The molecular formula is C18H22N2O4. The Balaban J connectivity index is 1.64. The number of amides is 1. The van der Waals surface area contributed by atoms with Crippen molar-refractivity contribution < 1.29 is 18.7 Å². The molecular weight excluding hydrogens is 308 g/mol. The fourth-order valence-corrected chi connectivity index (χ4v) is 3.18. The number of aromatic nitrogens is 1. The van der Waals surface area contributed by atoms with Crippen LogP contribution in [-0.4, -0.2) is 41.5 Å². The van der Waals surface area contributed by atoms with Gasteiger partial charge in [0.15, 0.2) is 5.76 Å². The number of rotatable bonds is 4. The van der Waals surface area contributed by atoms with Crippen molar-refractivity contribution in [3.8, 4) is 0 Å². The van der Waals surface area contributed by atoms with Gasteiger partial charge in [0.1, 0.15) is 11.5 Å². The monoisotopic (exact) mass is 330 g/mol. The highest BCUT2D eigenvalue weighted by Crippen LogP contribution is 2.26. The molecule has 3 heterocycles. The minimum absolute atomic E-state index is 0.0613. The van der Waals surface area contributed by atoms with Crippen molar-refractivity contribution >= 4 is 11.9 Å². The van der Waals surface area contributed by atoms with Crippen molar-refractivity contribution in [2.75, 3.05) is 20.2 Å². The van der Waals surface area contributed by atoms with Gasteiger partial charge in [-0.15, -0.1) is 0 Å². The molecule has 0 bridgehead atoms. The van der Waals surface area contributed by atoms with Crippen LogP contribution in [0.1, 0.15) is 52.6 Å². The lowest BCUT2D eigenvalue weighted by molar-refractivity contribution is 0.0570. The van der Waals surface area contributed by atoms with Crippen LogP contribution in [0.25, 0.3) is 0 Å². The van der Waals surface area contributed by atoms with Crippen molar-refractivity contribution in [1.29, 1.82) is 0 Å². The molecule has 128 valence electrons. The number of nitrogens with zero attached hydrogens (tertiary/aromatic N) is 2. The first-order valence-corrected chi connectivity index (χ1v) is 8.27. The standard InChI is InChI=1S/C18H22N2O4/c1-3-14-6-7-16(24-14)17(21)19-11-8-13(9-12-19)20-10-4-5-15(20)18(22)23-2/h4-7,10,13H,3,8-9,11-12H2,1-2H3. The van der Waals surface area contributed by atoms with Gasteiger partial charge in [0, 0.05) is 31.7 Å². The summed E-state index contributed by atoms with van der Waals surface area (Å²) in [7, 11) is 1.38. The summed E-state index contributed by atoms with van der Waals surface area (Å²) in [4.78, 5) is 26.1. The molecule has 6 heteroatoms. The van der Waals surface area contributed by atoms with Gasteiger partial charge in [-0.1, -0.05) is 6.92 Å². The average molecular weight is 330 g/mol. The van der Waals surface area contributed by atoms with Crippen LogP contribution in [0.3, 0.4) is 0 Å². The summed E-state index contributed by atoms with van der Waals surface area (Å²) >= 11 is 0. The van der Waals surface area contributed by atoms with Crippen molar-refractivity contribution in [3.63, 3.8) is 0 Å². The highest BCUT2D eigenvalue weighted by molar-refractivity contribution is 5.91. The summed E-state index contributed by atoms with van der Waals surface area (Å²) in [6, 6.07) is 7.40. The van der Waals surface area contributed by atoms with E-state index in [1.165, 1.54) is 7.11 Å². The third-order valence-electron chi connectivity index (χ3n) is 4.54. The lowest BCUT2D eigenvalue weighted by Crippen LogP contribution is -2.39. The van der Waals surface area contributed by atoms with Crippen molar-refractivity contribution in [2.45, 2.75) is 32.2 Å². The maximum absolute atomic E-state index is 12.5. The Labute approximate surface area is 141 Å². The third-order valence-corrected chi connectivity index (χ3v) is 4.54. The molecule has 1 amide bonds. The Kier molecular flexibility index (Phi) is 4.74. The number of methoxy groups -OCH3 is 1. The first-order chi connectivity index (χ1) is 11.6. The fourth-order valence-electron chi connectivity index (χ4n) is 3.18. The van der Waals surface area contributed by atoms with Gasteiger partial charge in [-0.05, 0) is 37.1 Å². The van der Waals surface area contributed by atoms with E-state index in [0.717, 1.165) is 25.0 Å². The molecule has 2 aromatic rings. The first-order valence-electron chi connectivity index (χ1n) is 8.27. The number of carbonyl (C=O) groups is 2. The van der Waals surface area contributed by atoms with E-state index in [1.54, 1.807) is 12.1 Å². The van der Waals surface area contributed by atoms with Gasteiger partial charge in [0.05, 0.1) is 7.11 Å². The highest BCUT2D eigenvalue weighted by atomic mass is 16.5. The Morgan fingerprint density at radius 3 is 2.62 bits per heavy atom. The number of aryl methyl sites for hydroxylation is 1. The molecule has 1 aliphatic rings. The number of carbonyl (C=O) groups excluding carboxylic acids is 2. The maximum Gasteiger partial charge on any atom is 0.354 e. The second-order valence-corrected chi connectivity index (χ2v) is 5.94. The van der Waals surface area contributed by atoms with Crippen LogP contribution >= 0.6 is 0 Å². The van der Waals surface area contributed by atoms with E-state index in [0.29, 0.717) is 24.5 Å². The Morgan fingerprint density at radius 1 is 1.25 bits per heavy atom. The zero-order valence-electron chi connectivity index (χ0n) is 14.0. The molecule has 1 aliphatic heterocycles. The van der Waals surface area contributed by atoms with Gasteiger partial charge in [-0.25, -0.2) is 4.79 Å². The maximum atomic E-state index is 12.5. The number of ether oxygens (including phenoxy) is 1. The van der Waals surface area contributed by atoms with Crippen molar-refractivity contribution in [3.05, 3.63) is 47.7 Å². The normalized spacial score (nSPS) is 15.5. The van der Waals surface area contributed by atoms with Gasteiger partial charge in [-0.3, -0.25) is 4.79 Å². The minimum Gasteiger partial charge on any atom is -0.464 e. The Morgan fingerprint density at radius 2 is 2.00 bits per heavy atom. The molecule has 0 radical (unpaired) electrons. The number of likely N-dealkylation sites (tertiary alicyclic amines) is 1. The molecule has 0 N–H and O–H groups in total. The van der Waals surface area contributed by atoms with Gasteiger partial charge < -0.3 is 18.6 Å². The summed E-state index contributed by atoms with van der Waals surface area (Å²) in [5, 5.41) is 0. The molecule has 0 aliphatic carbocycles. The van der Waals surface area contributed by atoms with Crippen LogP contribution < -0.4 is 0 Å². The molecule has 0 unspecified atom stereocenters. The lowest BCUT2D eigenvalue weighted by atomic mass is 10.0. The predicted octanol–water partition coefficient (Wildman–Crippen LogP) is 2.91. The van der Waals surface area contributed by atoms with Gasteiger partial charge in [0.25, 0.3) is 5.91 Å². The van der Waals surface area contributed by atoms with Gasteiger partial charge >= 0.3 is 5.97 Å². The largest absolute Gasteiger partial charge is 0.464 e. The van der Waals surface area contributed by atoms with Crippen molar-refractivity contribution in [1.82, 2.24) is 9.47 Å². The smallest absolute Gasteiger partial charge is 0.354 e. The van der Waals surface area contributed by atoms with Crippen LogP contribution in [0.15, 0.2) is 34.9 Å². The molecule has 0 saturated carbocycles. The van der Waals surface area contributed by atoms with Gasteiger partial charge in [0.2, 0.25) is 0 Å². The summed E-state index contributed by atoms with van der Waals surface area (Å²) in [6.07, 6.45) is 4.27. The van der Waals surface area contributed by atoms with E-state index < -0.39 is 0 Å². The molecule has 0 aromatic carbocycles. The molecule has 6 nitrogen and oxygen atoms in total. The van der Waals surface area contributed by atoms with E-state index in [9.17, 15) is 9.59 Å². The van der Waals surface area contributed by atoms with Crippen LogP contribution in [0.4, 0.5) is 0 Å². The molecule has 2 aromatic heterocycles. The first kappa shape index (κ1) is 16.4. The van der Waals surface area contributed by atoms with E-state index in [-0.39, 0.29) is 17.9 Å². The number of hydrogen-bond acceptors (Lipinski definition) is 4. The fraction of sp³-hybridized carbons (Fsp3) is 0.444. The quantitative estimate of drug-likeness (QED) is 0.809. The molecule has 0 atom stereocenters. The SMILES string of the molecule is CCc1ccc(C(=O)N2CCC(n3cccc3C(=O)OC)CC2)o1. The summed E-state index contributed by atoms with van der Waals surface area (Å²) in [5.74, 6) is 0.833. The average Bonchev–Trinajstić information content (AvgIpc) is 3.29. The molecule has 1 fully saturated rings.